The standard InChI is InChI=1S/C69H86F2N5O15P/c1-42(46-28-30-51(31-29-46)69(70,71)92(85,91-89-41-88-68(6,7)8)90-40-87-65(83)67(3,4)5)36-52(77)37-50-27-26-47-18-14-20-49-38-53(60(59(47)49)62(50)80)63(81)73-54(32-34-57(72)78)43(2)86-39-45-24-22-44(23-25-45)16-12-10-11-13-17-48-19-15-21-55-61(48)75(9)66(84)76(55)56-33-35-58(79)74-64(56)82/h14-15,18-25,28-31,36,43,50,53-54,56,60H,10-13,16-17,26-27,32-35,37-41H2,1-9H3,(H2,72,78)(H,73,81)(H,74,79,82)/b42-36+/t43-,50-,53-,54+,56?,60?,92?/m1/s1. The number of hydrogen-bond acceptors (Lipinski definition) is 15. The predicted molar refractivity (Wildman–Crippen MR) is 339 cm³/mol. The molecule has 3 aliphatic rings. The van der Waals surface area contributed by atoms with E-state index >= 15 is 8.78 Å². The van der Waals surface area contributed by atoms with E-state index in [1.165, 1.54) is 49.1 Å². The van der Waals surface area contributed by atoms with Crippen molar-refractivity contribution >= 4 is 65.4 Å². The zero-order chi connectivity index (χ0) is 66.9. The van der Waals surface area contributed by atoms with Crippen molar-refractivity contribution in [1.82, 2.24) is 19.8 Å². The SMILES string of the molecule is C/C(=C\C(=O)C[C@H]1CCc2cccc3c2C(C1=O)[C@H](C(=O)N[C@@H](CCC(N)=O)[C@@H](C)OCc1ccc(CCCCCCc2cccc4c2n(C)c(=O)n4C2CCC(=O)NC2=O)cc1)C3)c1ccc(C(F)(F)P(=O)(OCOC(=O)C(C)(C)C)OOCOC(C)(C)C)cc1. The Morgan fingerprint density at radius 2 is 1.51 bits per heavy atom. The molecule has 4 amide bonds. The van der Waals surface area contributed by atoms with Crippen molar-refractivity contribution in [3.63, 3.8) is 0 Å². The molecule has 1 saturated heterocycles. The highest BCUT2D eigenvalue weighted by molar-refractivity contribution is 7.54. The molecule has 0 bridgehead atoms. The molecule has 1 fully saturated rings. The van der Waals surface area contributed by atoms with Crippen molar-refractivity contribution in [3.8, 4) is 0 Å². The number of allylic oxidation sites excluding steroid dienone is 2. The lowest BCUT2D eigenvalue weighted by atomic mass is 9.81. The average molecular weight is 1290 g/mol. The summed E-state index contributed by atoms with van der Waals surface area (Å²) in [5.74, 6) is -5.58. The summed E-state index contributed by atoms with van der Waals surface area (Å²) in [7, 11) is -3.87. The van der Waals surface area contributed by atoms with Crippen LogP contribution in [0, 0.1) is 17.3 Å². The van der Waals surface area contributed by atoms with Crippen LogP contribution in [0.15, 0.2) is 95.8 Å². The first-order chi connectivity index (χ1) is 43.5. The Morgan fingerprint density at radius 3 is 2.18 bits per heavy atom. The number of imidazole rings is 1. The quantitative estimate of drug-likeness (QED) is 0.00564. The van der Waals surface area contributed by atoms with Gasteiger partial charge >= 0.3 is 24.9 Å². The summed E-state index contributed by atoms with van der Waals surface area (Å²) >= 11 is 0. The second-order valence-corrected chi connectivity index (χ2v) is 28.3. The molecule has 23 heteroatoms. The van der Waals surface area contributed by atoms with E-state index in [9.17, 15) is 42.9 Å². The molecule has 0 radical (unpaired) electrons. The number of esters is 1. The number of nitrogens with two attached hydrogens (primary N) is 1. The van der Waals surface area contributed by atoms with E-state index in [-0.39, 0.29) is 68.4 Å². The largest absolute Gasteiger partial charge is 0.438 e. The second kappa shape index (κ2) is 30.2. The summed E-state index contributed by atoms with van der Waals surface area (Å²) in [5, 5.41) is 5.49. The van der Waals surface area contributed by atoms with Gasteiger partial charge in [-0.2, -0.15) is 13.7 Å². The summed E-state index contributed by atoms with van der Waals surface area (Å²) in [6, 6.07) is 22.9. The third-order valence-corrected chi connectivity index (χ3v) is 19.0. The van der Waals surface area contributed by atoms with Crippen molar-refractivity contribution in [2.24, 2.45) is 30.0 Å². The Morgan fingerprint density at radius 1 is 0.837 bits per heavy atom. The number of carbonyl (C=O) groups is 7. The molecule has 5 aromatic rings. The van der Waals surface area contributed by atoms with Crippen molar-refractivity contribution in [3.05, 3.63) is 146 Å². The highest BCUT2D eigenvalue weighted by atomic mass is 31.2. The van der Waals surface area contributed by atoms with Crippen LogP contribution < -0.4 is 22.1 Å². The van der Waals surface area contributed by atoms with Crippen LogP contribution in [-0.2, 0) is 111 Å². The monoisotopic (exact) mass is 1290 g/mol. The number of aromatic nitrogens is 2. The van der Waals surface area contributed by atoms with E-state index in [1.54, 1.807) is 39.3 Å². The molecular formula is C69H86F2N5O15P. The number of halogens is 2. The Hall–Kier alpha value is -7.33. The number of Topliss-reactive ketones (excluding diaryl/α,β-unsaturated/α-hetero) is 1. The number of imide groups is 1. The first-order valence-corrected chi connectivity index (χ1v) is 33.0. The number of nitrogens with one attached hydrogen (secondary N) is 2. The number of alkyl halides is 2. The lowest BCUT2D eigenvalue weighted by Crippen LogP contribution is -2.47. The van der Waals surface area contributed by atoms with Gasteiger partial charge in [-0.1, -0.05) is 91.7 Å². The summed E-state index contributed by atoms with van der Waals surface area (Å²) in [5.41, 5.74) is 6.37. The van der Waals surface area contributed by atoms with E-state index in [4.69, 9.17) is 34.0 Å². The van der Waals surface area contributed by atoms with Gasteiger partial charge in [0.25, 0.3) is 0 Å². The smallest absolute Gasteiger partial charge is 0.434 e. The fourth-order valence-corrected chi connectivity index (χ4v) is 13.3. The van der Waals surface area contributed by atoms with Crippen LogP contribution in [0.5, 0.6) is 0 Å². The number of aryl methyl sites for hydroxylation is 4. The average Bonchev–Trinajstić information content (AvgIpc) is 1.57. The minimum Gasteiger partial charge on any atom is -0.438 e. The molecule has 2 aliphatic carbocycles. The van der Waals surface area contributed by atoms with Gasteiger partial charge in [-0.15, -0.1) is 4.67 Å². The molecule has 1 aliphatic heterocycles. The van der Waals surface area contributed by atoms with E-state index in [2.05, 4.69) is 22.8 Å². The third-order valence-electron chi connectivity index (χ3n) is 17.3. The molecule has 0 saturated carbocycles. The van der Waals surface area contributed by atoms with Crippen LogP contribution in [0.1, 0.15) is 176 Å². The maximum atomic E-state index is 16.2. The number of nitrogens with zero attached hydrogens (tertiary/aromatic N) is 2. The fraction of sp³-hybridized carbons (Fsp3) is 0.507. The minimum absolute atomic E-state index is 0.0240. The van der Waals surface area contributed by atoms with Gasteiger partial charge in [0.1, 0.15) is 11.8 Å². The summed E-state index contributed by atoms with van der Waals surface area (Å²) in [6.45, 7) is 11.5. The van der Waals surface area contributed by atoms with E-state index < -0.39 is 103 Å². The number of carbonyl (C=O) groups excluding carboxylic acids is 7. The Kier molecular flexibility index (Phi) is 23.1. The molecule has 8 rings (SSSR count). The number of unbranched alkanes of at least 4 members (excludes halogenated alkanes) is 3. The Labute approximate surface area is 535 Å². The molecule has 7 atom stereocenters. The van der Waals surface area contributed by atoms with E-state index in [0.717, 1.165) is 84.0 Å². The molecule has 496 valence electrons. The van der Waals surface area contributed by atoms with Crippen LogP contribution in [0.4, 0.5) is 8.78 Å². The van der Waals surface area contributed by atoms with Crippen LogP contribution in [-0.4, -0.2) is 81.6 Å². The summed E-state index contributed by atoms with van der Waals surface area (Å²) in [6.07, 6.45) is 7.86. The Balaban J connectivity index is 0.846. The maximum Gasteiger partial charge on any atom is 0.434 e. The number of benzene rings is 4. The van der Waals surface area contributed by atoms with E-state index in [0.29, 0.717) is 29.5 Å². The zero-order valence-electron chi connectivity index (χ0n) is 53.9. The number of piperidine rings is 1. The van der Waals surface area contributed by atoms with Gasteiger partial charge in [-0.05, 0) is 170 Å². The zero-order valence-corrected chi connectivity index (χ0v) is 54.8. The number of primary amides is 1. The van der Waals surface area contributed by atoms with Crippen LogP contribution >= 0.6 is 7.60 Å². The van der Waals surface area contributed by atoms with Gasteiger partial charge in [0.15, 0.2) is 12.6 Å². The molecule has 4 aromatic carbocycles. The van der Waals surface area contributed by atoms with Crippen molar-refractivity contribution in [2.45, 2.75) is 187 Å². The molecule has 0 spiro atoms. The molecule has 92 heavy (non-hydrogen) atoms. The molecule has 1 aromatic heterocycles. The van der Waals surface area contributed by atoms with Gasteiger partial charge < -0.3 is 25.3 Å². The molecule has 2 heterocycles. The molecule has 3 unspecified atom stereocenters. The van der Waals surface area contributed by atoms with E-state index in [1.807, 2.05) is 55.5 Å². The van der Waals surface area contributed by atoms with Crippen LogP contribution in [0.25, 0.3) is 16.6 Å². The normalized spacial score (nSPS) is 19.2. The third kappa shape index (κ3) is 17.3. The first kappa shape index (κ1) is 70.5. The van der Waals surface area contributed by atoms with Gasteiger partial charge in [0.2, 0.25) is 30.4 Å². The number of ether oxygens (including phenoxy) is 3. The number of rotatable bonds is 30. The lowest BCUT2D eigenvalue weighted by Gasteiger charge is -2.28. The highest BCUT2D eigenvalue weighted by Gasteiger charge is 2.57. The topological polar surface area (TPSA) is 269 Å². The lowest BCUT2D eigenvalue weighted by molar-refractivity contribution is -0.295. The maximum absolute atomic E-state index is 16.2. The molecular weight excluding hydrogens is 1210 g/mol. The van der Waals surface area contributed by atoms with Crippen LogP contribution in [0.3, 0.4) is 0 Å². The van der Waals surface area contributed by atoms with Gasteiger partial charge in [-0.3, -0.25) is 57.1 Å². The molecule has 4 N–H and O–H groups in total. The minimum atomic E-state index is -5.59. The first-order valence-electron chi connectivity index (χ1n) is 31.5. The molecule has 20 nitrogen and oxygen atoms in total. The summed E-state index contributed by atoms with van der Waals surface area (Å²) in [4.78, 5) is 110. The van der Waals surface area contributed by atoms with Gasteiger partial charge in [0, 0.05) is 37.8 Å². The number of para-hydroxylation sites is 1. The second-order valence-electron chi connectivity index (χ2n) is 26.4. The van der Waals surface area contributed by atoms with Gasteiger partial charge in [-0.25, -0.2) is 4.79 Å². The van der Waals surface area contributed by atoms with Crippen molar-refractivity contribution < 1.29 is 75.2 Å². The number of ketones is 2. The number of fused-ring (bicyclic) bond motifs is 1. The highest BCUT2D eigenvalue weighted by Crippen LogP contribution is 2.67. The van der Waals surface area contributed by atoms with Gasteiger partial charge in [0.05, 0.1) is 52.6 Å². The number of hydrogen-bond donors (Lipinski definition) is 3. The predicted octanol–water partition coefficient (Wildman–Crippen LogP) is 11.0. The van der Waals surface area contributed by atoms with Crippen molar-refractivity contribution in [1.29, 1.82) is 0 Å². The summed E-state index contributed by atoms with van der Waals surface area (Å²) < 4.78 is 75.6. The fourth-order valence-electron chi connectivity index (χ4n) is 12.2. The van der Waals surface area contributed by atoms with Crippen molar-refractivity contribution in [2.75, 3.05) is 13.6 Å². The number of amides is 4. The van der Waals surface area contributed by atoms with Crippen LogP contribution in [0.2, 0.25) is 0 Å². The Bertz CT molecular complexity index is 3680.